The van der Waals surface area contributed by atoms with Crippen molar-refractivity contribution >= 4 is 11.0 Å². The van der Waals surface area contributed by atoms with E-state index >= 15 is 0 Å². The highest BCUT2D eigenvalue weighted by molar-refractivity contribution is 5.95. The number of nitrogens with zero attached hydrogens (tertiary/aromatic N) is 4. The van der Waals surface area contributed by atoms with Gasteiger partial charge in [0.2, 0.25) is 0 Å². The van der Waals surface area contributed by atoms with Gasteiger partial charge >= 0.3 is 0 Å². The number of pyridine rings is 1. The average Bonchev–Trinajstić information content (AvgIpc) is 3.57. The molecule has 8 nitrogen and oxygen atoms in total. The van der Waals surface area contributed by atoms with Gasteiger partial charge in [-0.2, -0.15) is 5.10 Å². The van der Waals surface area contributed by atoms with Crippen LogP contribution in [0.15, 0.2) is 49.1 Å². The van der Waals surface area contributed by atoms with Gasteiger partial charge in [-0.1, -0.05) is 6.07 Å². The van der Waals surface area contributed by atoms with E-state index in [2.05, 4.69) is 32.2 Å². The molecule has 2 aliphatic heterocycles. The van der Waals surface area contributed by atoms with E-state index in [0.717, 1.165) is 85.5 Å². The zero-order chi connectivity index (χ0) is 24.3. The molecule has 188 valence electrons. The number of fused-ring (bicyclic) bond motifs is 1. The molecule has 2 aliphatic rings. The van der Waals surface area contributed by atoms with Crippen LogP contribution in [-0.2, 0) is 16.0 Å². The van der Waals surface area contributed by atoms with E-state index < -0.39 is 0 Å². The smallest absolute Gasteiger partial charge is 0.165 e. The number of ether oxygens (including phenoxy) is 3. The molecule has 2 saturated heterocycles. The van der Waals surface area contributed by atoms with Crippen LogP contribution in [0.25, 0.3) is 33.3 Å². The number of rotatable bonds is 7. The molecule has 0 amide bonds. The van der Waals surface area contributed by atoms with Gasteiger partial charge in [-0.15, -0.1) is 0 Å². The van der Waals surface area contributed by atoms with Crippen molar-refractivity contribution in [3.05, 3.63) is 54.9 Å². The van der Waals surface area contributed by atoms with Gasteiger partial charge in [0.25, 0.3) is 0 Å². The number of nitrogens with one attached hydrogen (secondary N) is 1. The van der Waals surface area contributed by atoms with Crippen molar-refractivity contribution in [2.24, 2.45) is 0 Å². The molecule has 2 fully saturated rings. The van der Waals surface area contributed by atoms with Gasteiger partial charge in [-0.05, 0) is 23.8 Å². The zero-order valence-electron chi connectivity index (χ0n) is 20.2. The van der Waals surface area contributed by atoms with E-state index in [1.165, 1.54) is 6.07 Å². The summed E-state index contributed by atoms with van der Waals surface area (Å²) >= 11 is 0. The lowest BCUT2D eigenvalue weighted by Gasteiger charge is -2.26. The maximum absolute atomic E-state index is 14.9. The van der Waals surface area contributed by atoms with Crippen LogP contribution in [0.2, 0.25) is 0 Å². The Morgan fingerprint density at radius 3 is 2.64 bits per heavy atom. The summed E-state index contributed by atoms with van der Waals surface area (Å²) in [4.78, 5) is 10.2. The third kappa shape index (κ3) is 5.00. The van der Waals surface area contributed by atoms with Gasteiger partial charge in [-0.25, -0.2) is 9.37 Å². The Morgan fingerprint density at radius 2 is 1.81 bits per heavy atom. The van der Waals surface area contributed by atoms with Crippen LogP contribution in [0.1, 0.15) is 12.8 Å². The van der Waals surface area contributed by atoms with E-state index in [4.69, 9.17) is 14.2 Å². The first-order valence-electron chi connectivity index (χ1n) is 12.6. The minimum Gasteiger partial charge on any atom is -0.487 e. The van der Waals surface area contributed by atoms with Gasteiger partial charge in [0.05, 0.1) is 39.2 Å². The molecule has 0 radical (unpaired) electrons. The molecular formula is C27H30FN5O3. The Morgan fingerprint density at radius 1 is 0.972 bits per heavy atom. The molecule has 0 atom stereocenters. The van der Waals surface area contributed by atoms with Crippen LogP contribution in [0.3, 0.4) is 0 Å². The first kappa shape index (κ1) is 23.1. The fourth-order valence-electron chi connectivity index (χ4n) is 4.84. The summed E-state index contributed by atoms with van der Waals surface area (Å²) in [5.74, 6) is -0.0761. The summed E-state index contributed by atoms with van der Waals surface area (Å²) < 4.78 is 33.6. The Balaban J connectivity index is 1.20. The number of aromatic nitrogens is 4. The standard InChI is InChI=1S/C27H30FN5O3/c28-25-14-19(1-2-26(25)36-22-3-9-34-10-4-22)24-17-30-27-23(24)13-20(15-29-27)21-16-31-33(18-21)6-5-32-7-11-35-12-8-32/h1-2,13-18,22H,3-12H2,(H,29,30). The van der Waals surface area contributed by atoms with E-state index in [-0.39, 0.29) is 17.7 Å². The summed E-state index contributed by atoms with van der Waals surface area (Å²) in [5, 5.41) is 5.48. The fourth-order valence-corrected chi connectivity index (χ4v) is 4.84. The molecule has 9 heteroatoms. The first-order chi connectivity index (χ1) is 17.7. The number of hydrogen-bond acceptors (Lipinski definition) is 6. The van der Waals surface area contributed by atoms with Crippen molar-refractivity contribution in [1.82, 2.24) is 24.6 Å². The maximum Gasteiger partial charge on any atom is 0.165 e. The van der Waals surface area contributed by atoms with E-state index in [0.29, 0.717) is 13.2 Å². The molecule has 1 aromatic carbocycles. The lowest BCUT2D eigenvalue weighted by molar-refractivity contribution is 0.0240. The van der Waals surface area contributed by atoms with Gasteiger partial charge < -0.3 is 19.2 Å². The Kier molecular flexibility index (Phi) is 6.67. The van der Waals surface area contributed by atoms with Crippen molar-refractivity contribution in [2.75, 3.05) is 46.1 Å². The quantitative estimate of drug-likeness (QED) is 0.419. The number of halogens is 1. The molecule has 0 aliphatic carbocycles. The molecule has 3 aromatic heterocycles. The van der Waals surface area contributed by atoms with Crippen LogP contribution in [0.4, 0.5) is 4.39 Å². The molecule has 1 N–H and O–H groups in total. The molecule has 0 unspecified atom stereocenters. The second-order valence-corrected chi connectivity index (χ2v) is 9.34. The molecule has 5 heterocycles. The second kappa shape index (κ2) is 10.4. The molecule has 0 saturated carbocycles. The highest BCUT2D eigenvalue weighted by atomic mass is 19.1. The molecule has 6 rings (SSSR count). The Bertz CT molecular complexity index is 1320. The highest BCUT2D eigenvalue weighted by Crippen LogP contribution is 2.33. The topological polar surface area (TPSA) is 77.4 Å². The number of morpholine rings is 1. The van der Waals surface area contributed by atoms with Crippen LogP contribution < -0.4 is 4.74 Å². The summed E-state index contributed by atoms with van der Waals surface area (Å²) in [5.41, 5.74) is 4.41. The zero-order valence-corrected chi connectivity index (χ0v) is 20.2. The van der Waals surface area contributed by atoms with E-state index in [9.17, 15) is 4.39 Å². The predicted molar refractivity (Wildman–Crippen MR) is 134 cm³/mol. The van der Waals surface area contributed by atoms with Crippen molar-refractivity contribution in [1.29, 1.82) is 0 Å². The molecule has 0 bridgehead atoms. The average molecular weight is 492 g/mol. The molecule has 0 spiro atoms. The summed E-state index contributed by atoms with van der Waals surface area (Å²) in [6, 6.07) is 7.24. The largest absolute Gasteiger partial charge is 0.487 e. The highest BCUT2D eigenvalue weighted by Gasteiger charge is 2.18. The number of aromatic amines is 1. The van der Waals surface area contributed by atoms with Gasteiger partial charge in [0.1, 0.15) is 11.8 Å². The normalized spacial score (nSPS) is 17.6. The lowest BCUT2D eigenvalue weighted by atomic mass is 10.0. The van der Waals surface area contributed by atoms with Crippen molar-refractivity contribution in [3.8, 4) is 28.0 Å². The number of benzene rings is 1. The Labute approximate surface area is 209 Å². The first-order valence-corrected chi connectivity index (χ1v) is 12.6. The monoisotopic (exact) mass is 491 g/mol. The van der Waals surface area contributed by atoms with Crippen LogP contribution >= 0.6 is 0 Å². The minimum atomic E-state index is -0.362. The van der Waals surface area contributed by atoms with E-state index in [1.807, 2.05) is 29.3 Å². The van der Waals surface area contributed by atoms with Crippen molar-refractivity contribution in [2.45, 2.75) is 25.5 Å². The van der Waals surface area contributed by atoms with Crippen molar-refractivity contribution in [3.63, 3.8) is 0 Å². The van der Waals surface area contributed by atoms with Crippen LogP contribution in [0.5, 0.6) is 5.75 Å². The maximum atomic E-state index is 14.9. The third-order valence-corrected chi connectivity index (χ3v) is 6.95. The van der Waals surface area contributed by atoms with Crippen LogP contribution in [0, 0.1) is 5.82 Å². The second-order valence-electron chi connectivity index (χ2n) is 9.34. The van der Waals surface area contributed by atoms with Gasteiger partial charge in [-0.3, -0.25) is 9.58 Å². The van der Waals surface area contributed by atoms with E-state index in [1.54, 1.807) is 6.07 Å². The van der Waals surface area contributed by atoms with Crippen LogP contribution in [-0.4, -0.2) is 76.8 Å². The Hall–Kier alpha value is -3.27. The van der Waals surface area contributed by atoms with Gasteiger partial charge in [0, 0.05) is 73.1 Å². The minimum absolute atomic E-state index is 0.00580. The lowest BCUT2D eigenvalue weighted by Crippen LogP contribution is -2.38. The fraction of sp³-hybridized carbons (Fsp3) is 0.407. The predicted octanol–water partition coefficient (Wildman–Crippen LogP) is 4.12. The molecule has 36 heavy (non-hydrogen) atoms. The SMILES string of the molecule is Fc1cc(-c2c[nH]c3ncc(-c4cnn(CCN5CCOCC5)c4)cc23)ccc1OC1CCOCC1. The van der Waals surface area contributed by atoms with Gasteiger partial charge in [0.15, 0.2) is 11.6 Å². The third-order valence-electron chi connectivity index (χ3n) is 6.95. The van der Waals surface area contributed by atoms with Crippen molar-refractivity contribution < 1.29 is 18.6 Å². The number of H-pyrrole nitrogens is 1. The summed E-state index contributed by atoms with van der Waals surface area (Å²) in [6.07, 6.45) is 9.20. The molecule has 4 aromatic rings. The molecular weight excluding hydrogens is 461 g/mol. The summed E-state index contributed by atoms with van der Waals surface area (Å²) in [7, 11) is 0. The summed E-state index contributed by atoms with van der Waals surface area (Å²) in [6.45, 7) is 6.61. The number of hydrogen-bond donors (Lipinski definition) is 1.